The predicted molar refractivity (Wildman–Crippen MR) is 58.6 cm³/mol. The summed E-state index contributed by atoms with van der Waals surface area (Å²) < 4.78 is 51.3. The van der Waals surface area contributed by atoms with Crippen LogP contribution in [0.4, 0.5) is 17.6 Å². The van der Waals surface area contributed by atoms with Gasteiger partial charge >= 0.3 is 6.18 Å². The van der Waals surface area contributed by atoms with Gasteiger partial charge in [-0.1, -0.05) is 30.7 Å². The van der Waals surface area contributed by atoms with Crippen LogP contribution in [0.15, 0.2) is 18.2 Å². The summed E-state index contributed by atoms with van der Waals surface area (Å²) in [7, 11) is 0. The maximum atomic E-state index is 13.5. The molecule has 1 nitrogen and oxygen atoms in total. The molecule has 0 spiro atoms. The molecule has 1 N–H and O–H groups in total. The molecule has 1 unspecified atom stereocenters. The van der Waals surface area contributed by atoms with Crippen molar-refractivity contribution in [2.75, 3.05) is 6.54 Å². The molecule has 0 amide bonds. The first-order valence-electron chi connectivity index (χ1n) is 5.09. The molecule has 0 aliphatic carbocycles. The molecule has 0 heterocycles. The summed E-state index contributed by atoms with van der Waals surface area (Å²) in [5.74, 6) is -0.790. The number of halogens is 5. The summed E-state index contributed by atoms with van der Waals surface area (Å²) in [6.07, 6.45) is -4.88. The molecular weight excluding hydrogens is 258 g/mol. The van der Waals surface area contributed by atoms with Gasteiger partial charge in [0.15, 0.2) is 0 Å². The molecule has 96 valence electrons. The smallest absolute Gasteiger partial charge is 0.306 e. The standard InChI is InChI=1S/C11H12ClF4N/c1-2-17-9(11(14,15)16)6-7-4-3-5-8(12)10(7)13/h3-5,9,17H,2,6H2,1H3. The predicted octanol–water partition coefficient (Wildman–Crippen LogP) is 3.56. The zero-order chi connectivity index (χ0) is 13.1. The number of nitrogens with one attached hydrogen (secondary N) is 1. The maximum Gasteiger partial charge on any atom is 0.404 e. The third-order valence-electron chi connectivity index (χ3n) is 2.30. The van der Waals surface area contributed by atoms with E-state index in [1.54, 1.807) is 6.92 Å². The van der Waals surface area contributed by atoms with Crippen molar-refractivity contribution in [3.8, 4) is 0 Å². The van der Waals surface area contributed by atoms with Crippen LogP contribution in [-0.4, -0.2) is 18.8 Å². The van der Waals surface area contributed by atoms with Gasteiger partial charge in [-0.25, -0.2) is 4.39 Å². The minimum absolute atomic E-state index is 0.0409. The molecule has 1 aromatic carbocycles. The van der Waals surface area contributed by atoms with E-state index in [4.69, 9.17) is 11.6 Å². The molecule has 1 rings (SSSR count). The van der Waals surface area contributed by atoms with Crippen LogP contribution in [0.2, 0.25) is 5.02 Å². The van der Waals surface area contributed by atoms with Crippen molar-refractivity contribution >= 4 is 11.6 Å². The van der Waals surface area contributed by atoms with Gasteiger partial charge < -0.3 is 5.32 Å². The SMILES string of the molecule is CCNC(Cc1cccc(Cl)c1F)C(F)(F)F. The average molecular weight is 270 g/mol. The van der Waals surface area contributed by atoms with E-state index in [0.29, 0.717) is 0 Å². The Bertz CT molecular complexity index is 378. The monoisotopic (exact) mass is 269 g/mol. The van der Waals surface area contributed by atoms with Crippen LogP contribution in [0.5, 0.6) is 0 Å². The van der Waals surface area contributed by atoms with Gasteiger partial charge in [0.05, 0.1) is 5.02 Å². The first-order chi connectivity index (χ1) is 7.86. The Hall–Kier alpha value is -0.810. The minimum atomic E-state index is -4.41. The molecule has 0 radical (unpaired) electrons. The van der Waals surface area contributed by atoms with Gasteiger partial charge in [0.1, 0.15) is 11.9 Å². The fourth-order valence-corrected chi connectivity index (χ4v) is 1.67. The van der Waals surface area contributed by atoms with Gasteiger partial charge in [-0.05, 0) is 24.6 Å². The number of likely N-dealkylation sites (N-methyl/N-ethyl adjacent to an activating group) is 1. The summed E-state index contributed by atoms with van der Waals surface area (Å²) in [6.45, 7) is 1.72. The third-order valence-corrected chi connectivity index (χ3v) is 2.59. The maximum absolute atomic E-state index is 13.5. The Morgan fingerprint density at radius 2 is 2.00 bits per heavy atom. The number of benzene rings is 1. The summed E-state index contributed by atoms with van der Waals surface area (Å²) in [5.41, 5.74) is -0.0409. The Morgan fingerprint density at radius 3 is 2.53 bits per heavy atom. The van der Waals surface area contributed by atoms with Crippen LogP contribution in [0.1, 0.15) is 12.5 Å². The highest BCUT2D eigenvalue weighted by atomic mass is 35.5. The van der Waals surface area contributed by atoms with Crippen molar-refractivity contribution in [3.63, 3.8) is 0 Å². The lowest BCUT2D eigenvalue weighted by Gasteiger charge is -2.21. The topological polar surface area (TPSA) is 12.0 Å². The molecule has 1 aromatic rings. The fraction of sp³-hybridized carbons (Fsp3) is 0.455. The van der Waals surface area contributed by atoms with Crippen molar-refractivity contribution in [1.82, 2.24) is 5.32 Å². The molecule has 0 saturated heterocycles. The van der Waals surface area contributed by atoms with E-state index >= 15 is 0 Å². The minimum Gasteiger partial charge on any atom is -0.306 e. The third kappa shape index (κ3) is 3.85. The lowest BCUT2D eigenvalue weighted by atomic mass is 10.0. The summed E-state index contributed by atoms with van der Waals surface area (Å²) in [4.78, 5) is 0. The Morgan fingerprint density at radius 1 is 1.35 bits per heavy atom. The van der Waals surface area contributed by atoms with E-state index in [0.717, 1.165) is 0 Å². The lowest BCUT2D eigenvalue weighted by molar-refractivity contribution is -0.155. The molecule has 6 heteroatoms. The second-order valence-corrected chi connectivity index (χ2v) is 3.98. The van der Waals surface area contributed by atoms with Crippen molar-refractivity contribution < 1.29 is 17.6 Å². The molecule has 0 aliphatic heterocycles. The zero-order valence-electron chi connectivity index (χ0n) is 9.11. The van der Waals surface area contributed by atoms with E-state index in [-0.39, 0.29) is 17.1 Å². The second-order valence-electron chi connectivity index (χ2n) is 3.57. The molecule has 0 fully saturated rings. The number of alkyl halides is 3. The van der Waals surface area contributed by atoms with Crippen LogP contribution < -0.4 is 5.32 Å². The van der Waals surface area contributed by atoms with Crippen LogP contribution in [0.25, 0.3) is 0 Å². The van der Waals surface area contributed by atoms with E-state index in [2.05, 4.69) is 5.32 Å². The highest BCUT2D eigenvalue weighted by molar-refractivity contribution is 6.30. The van der Waals surface area contributed by atoms with Gasteiger partial charge in [-0.2, -0.15) is 13.2 Å². The van der Waals surface area contributed by atoms with E-state index in [1.807, 2.05) is 0 Å². The second kappa shape index (κ2) is 5.69. The molecule has 17 heavy (non-hydrogen) atoms. The highest BCUT2D eigenvalue weighted by Crippen LogP contribution is 2.26. The van der Waals surface area contributed by atoms with Crippen molar-refractivity contribution in [1.29, 1.82) is 0 Å². The molecule has 0 saturated carbocycles. The lowest BCUT2D eigenvalue weighted by Crippen LogP contribution is -2.43. The van der Waals surface area contributed by atoms with Crippen molar-refractivity contribution in [2.45, 2.75) is 25.6 Å². The number of rotatable bonds is 4. The van der Waals surface area contributed by atoms with Crippen molar-refractivity contribution in [2.24, 2.45) is 0 Å². The summed E-state index contributed by atoms with van der Waals surface area (Å²) >= 11 is 5.51. The molecule has 0 aromatic heterocycles. The van der Waals surface area contributed by atoms with Crippen LogP contribution in [0.3, 0.4) is 0 Å². The van der Waals surface area contributed by atoms with Gasteiger partial charge in [-0.3, -0.25) is 0 Å². The van der Waals surface area contributed by atoms with Crippen LogP contribution >= 0.6 is 11.6 Å². The molecule has 1 atom stereocenters. The van der Waals surface area contributed by atoms with Gasteiger partial charge in [-0.15, -0.1) is 0 Å². The number of hydrogen-bond donors (Lipinski definition) is 1. The first kappa shape index (κ1) is 14.3. The van der Waals surface area contributed by atoms with Gasteiger partial charge in [0.2, 0.25) is 0 Å². The first-order valence-corrected chi connectivity index (χ1v) is 5.47. The van der Waals surface area contributed by atoms with Crippen LogP contribution in [-0.2, 0) is 6.42 Å². The zero-order valence-corrected chi connectivity index (χ0v) is 9.87. The molecular formula is C11H12ClF4N. The van der Waals surface area contributed by atoms with Gasteiger partial charge in [0, 0.05) is 0 Å². The largest absolute Gasteiger partial charge is 0.404 e. The fourth-order valence-electron chi connectivity index (χ4n) is 1.48. The van der Waals surface area contributed by atoms with E-state index in [9.17, 15) is 17.6 Å². The van der Waals surface area contributed by atoms with Crippen LogP contribution in [0, 0.1) is 5.82 Å². The normalized spacial score (nSPS) is 13.8. The number of hydrogen-bond acceptors (Lipinski definition) is 1. The van der Waals surface area contributed by atoms with Gasteiger partial charge in [0.25, 0.3) is 0 Å². The Labute approximate surface area is 102 Å². The summed E-state index contributed by atoms with van der Waals surface area (Å²) in [5, 5.41) is 2.12. The highest BCUT2D eigenvalue weighted by Gasteiger charge is 2.39. The quantitative estimate of drug-likeness (QED) is 0.824. The Balaban J connectivity index is 2.90. The Kier molecular flexibility index (Phi) is 4.77. The van der Waals surface area contributed by atoms with E-state index in [1.165, 1.54) is 18.2 Å². The molecule has 0 aliphatic rings. The van der Waals surface area contributed by atoms with Crippen molar-refractivity contribution in [3.05, 3.63) is 34.6 Å². The summed E-state index contributed by atoms with van der Waals surface area (Å²) in [6, 6.07) is 2.27. The average Bonchev–Trinajstić information content (AvgIpc) is 2.22. The van der Waals surface area contributed by atoms with E-state index < -0.39 is 24.5 Å². The molecule has 0 bridgehead atoms.